The van der Waals surface area contributed by atoms with Gasteiger partial charge in [0.1, 0.15) is 0 Å². The Bertz CT molecular complexity index is 134. The van der Waals surface area contributed by atoms with Crippen molar-refractivity contribution in [1.82, 2.24) is 10.2 Å². The van der Waals surface area contributed by atoms with Crippen molar-refractivity contribution in [2.24, 2.45) is 0 Å². The first kappa shape index (κ1) is 8.75. The molecule has 0 spiro atoms. The van der Waals surface area contributed by atoms with E-state index in [1.165, 1.54) is 0 Å². The Morgan fingerprint density at radius 3 is 3.00 bits per heavy atom. The summed E-state index contributed by atoms with van der Waals surface area (Å²) in [4.78, 5) is 2.45. The van der Waals surface area contributed by atoms with Crippen molar-refractivity contribution in [2.45, 2.75) is 25.9 Å². The van der Waals surface area contributed by atoms with Gasteiger partial charge in [-0.15, -0.1) is 6.58 Å². The summed E-state index contributed by atoms with van der Waals surface area (Å²) in [7, 11) is 0. The molecule has 1 saturated heterocycles. The molecule has 1 aliphatic heterocycles. The number of hydrogen-bond donors (Lipinski definition) is 1. The third kappa shape index (κ3) is 2.31. The highest BCUT2D eigenvalue weighted by Gasteiger charge is 2.17. The Morgan fingerprint density at radius 1 is 1.73 bits per heavy atom. The Balaban J connectivity index is 2.38. The minimum Gasteiger partial charge on any atom is -0.312 e. The maximum absolute atomic E-state index is 3.80. The van der Waals surface area contributed by atoms with Gasteiger partial charge in [0.2, 0.25) is 0 Å². The second kappa shape index (κ2) is 3.88. The van der Waals surface area contributed by atoms with E-state index in [-0.39, 0.29) is 0 Å². The topological polar surface area (TPSA) is 15.3 Å². The summed E-state index contributed by atoms with van der Waals surface area (Å²) in [6.07, 6.45) is 2.01. The van der Waals surface area contributed by atoms with E-state index >= 15 is 0 Å². The summed E-state index contributed by atoms with van der Waals surface area (Å²) in [6, 6.07) is 1.16. The van der Waals surface area contributed by atoms with Crippen LogP contribution in [0, 0.1) is 0 Å². The van der Waals surface area contributed by atoms with Crippen LogP contribution >= 0.6 is 0 Å². The van der Waals surface area contributed by atoms with Crippen LogP contribution in [0.3, 0.4) is 0 Å². The van der Waals surface area contributed by atoms with E-state index in [1.807, 2.05) is 6.08 Å². The predicted octanol–water partition coefficient (Wildman–Crippen LogP) is 0.855. The van der Waals surface area contributed by atoms with Crippen LogP contribution in [0.2, 0.25) is 0 Å². The average Bonchev–Trinajstić information content (AvgIpc) is 2.03. The van der Waals surface area contributed by atoms with Gasteiger partial charge < -0.3 is 5.32 Å². The van der Waals surface area contributed by atoms with Crippen LogP contribution in [-0.4, -0.2) is 36.6 Å². The number of nitrogens with one attached hydrogen (secondary N) is 1. The van der Waals surface area contributed by atoms with Crippen LogP contribution in [0.15, 0.2) is 12.7 Å². The third-order valence-electron chi connectivity index (χ3n) is 2.32. The molecular formula is C9H18N2. The number of nitrogens with zero attached hydrogens (tertiary/aromatic N) is 1. The zero-order valence-corrected chi connectivity index (χ0v) is 7.51. The molecule has 0 aliphatic carbocycles. The smallest absolute Gasteiger partial charge is 0.0248 e. The molecule has 0 saturated carbocycles. The van der Waals surface area contributed by atoms with E-state index in [4.69, 9.17) is 0 Å². The largest absolute Gasteiger partial charge is 0.312 e. The number of hydrogen-bond acceptors (Lipinski definition) is 2. The fraction of sp³-hybridized carbons (Fsp3) is 0.778. The highest BCUT2D eigenvalue weighted by molar-refractivity contribution is 4.88. The molecule has 0 amide bonds. The fourth-order valence-electron chi connectivity index (χ4n) is 1.48. The van der Waals surface area contributed by atoms with E-state index < -0.39 is 0 Å². The molecule has 64 valence electrons. The zero-order valence-electron chi connectivity index (χ0n) is 7.51. The van der Waals surface area contributed by atoms with Crippen molar-refractivity contribution < 1.29 is 0 Å². The van der Waals surface area contributed by atoms with Gasteiger partial charge in [-0.1, -0.05) is 6.08 Å². The van der Waals surface area contributed by atoms with Crippen LogP contribution in [0.5, 0.6) is 0 Å². The summed E-state index contributed by atoms with van der Waals surface area (Å²) < 4.78 is 0. The van der Waals surface area contributed by atoms with Crippen LogP contribution in [0.25, 0.3) is 0 Å². The molecule has 1 unspecified atom stereocenters. The lowest BCUT2D eigenvalue weighted by atomic mass is 10.2. The van der Waals surface area contributed by atoms with Crippen LogP contribution in [-0.2, 0) is 0 Å². The third-order valence-corrected chi connectivity index (χ3v) is 2.32. The fourth-order valence-corrected chi connectivity index (χ4v) is 1.48. The molecule has 1 fully saturated rings. The SMILES string of the molecule is C=CC(C)N1CCN[C@@H](C)C1. The molecule has 11 heavy (non-hydrogen) atoms. The average molecular weight is 154 g/mol. The highest BCUT2D eigenvalue weighted by atomic mass is 15.2. The zero-order chi connectivity index (χ0) is 8.27. The first-order chi connectivity index (χ1) is 5.24. The van der Waals surface area contributed by atoms with Gasteiger partial charge in [0, 0.05) is 31.7 Å². The predicted molar refractivity (Wildman–Crippen MR) is 48.7 cm³/mol. The maximum atomic E-state index is 3.80. The molecule has 0 aromatic carbocycles. The van der Waals surface area contributed by atoms with Gasteiger partial charge in [-0.2, -0.15) is 0 Å². The van der Waals surface area contributed by atoms with E-state index in [0.717, 1.165) is 19.6 Å². The second-order valence-corrected chi connectivity index (χ2v) is 3.33. The Hall–Kier alpha value is -0.340. The second-order valence-electron chi connectivity index (χ2n) is 3.33. The summed E-state index contributed by atoms with van der Waals surface area (Å²) in [5, 5.41) is 3.41. The van der Waals surface area contributed by atoms with Gasteiger partial charge in [-0.3, -0.25) is 4.90 Å². The lowest BCUT2D eigenvalue weighted by Gasteiger charge is -2.34. The Kier molecular flexibility index (Phi) is 3.09. The Morgan fingerprint density at radius 2 is 2.45 bits per heavy atom. The van der Waals surface area contributed by atoms with E-state index in [1.54, 1.807) is 0 Å². The molecule has 1 heterocycles. The standard InChI is InChI=1S/C9H18N2/c1-4-9(3)11-6-5-10-8(2)7-11/h4,8-10H,1,5-7H2,2-3H3/t8-,9?/m0/s1. The van der Waals surface area contributed by atoms with Gasteiger partial charge in [0.25, 0.3) is 0 Å². The normalized spacial score (nSPS) is 29.8. The molecule has 2 heteroatoms. The first-order valence-corrected chi connectivity index (χ1v) is 4.34. The number of piperazine rings is 1. The van der Waals surface area contributed by atoms with Crippen molar-refractivity contribution in [3.05, 3.63) is 12.7 Å². The van der Waals surface area contributed by atoms with Crippen molar-refractivity contribution in [3.8, 4) is 0 Å². The minimum atomic E-state index is 0.527. The van der Waals surface area contributed by atoms with Crippen molar-refractivity contribution >= 4 is 0 Å². The van der Waals surface area contributed by atoms with Gasteiger partial charge in [-0.05, 0) is 13.8 Å². The van der Waals surface area contributed by atoms with Crippen LogP contribution in [0.1, 0.15) is 13.8 Å². The molecule has 1 aliphatic rings. The molecule has 0 radical (unpaired) electrons. The van der Waals surface area contributed by atoms with E-state index in [2.05, 4.69) is 30.6 Å². The maximum Gasteiger partial charge on any atom is 0.0248 e. The lowest BCUT2D eigenvalue weighted by Crippen LogP contribution is -2.51. The molecule has 2 atom stereocenters. The molecular weight excluding hydrogens is 136 g/mol. The highest BCUT2D eigenvalue weighted by Crippen LogP contribution is 2.04. The molecule has 0 bridgehead atoms. The van der Waals surface area contributed by atoms with Gasteiger partial charge in [0.15, 0.2) is 0 Å². The summed E-state index contributed by atoms with van der Waals surface area (Å²) in [5.41, 5.74) is 0. The Labute approximate surface area is 69.3 Å². The number of rotatable bonds is 2. The van der Waals surface area contributed by atoms with Gasteiger partial charge in [0.05, 0.1) is 0 Å². The molecule has 1 rings (SSSR count). The summed E-state index contributed by atoms with van der Waals surface area (Å²) >= 11 is 0. The molecule has 0 aromatic heterocycles. The van der Waals surface area contributed by atoms with E-state index in [0.29, 0.717) is 12.1 Å². The lowest BCUT2D eigenvalue weighted by molar-refractivity contribution is 0.182. The van der Waals surface area contributed by atoms with Crippen molar-refractivity contribution in [1.29, 1.82) is 0 Å². The van der Waals surface area contributed by atoms with E-state index in [9.17, 15) is 0 Å². The summed E-state index contributed by atoms with van der Waals surface area (Å²) in [5.74, 6) is 0. The van der Waals surface area contributed by atoms with Crippen molar-refractivity contribution in [3.63, 3.8) is 0 Å². The quantitative estimate of drug-likeness (QED) is 0.593. The monoisotopic (exact) mass is 154 g/mol. The summed E-state index contributed by atoms with van der Waals surface area (Å²) in [6.45, 7) is 11.6. The first-order valence-electron chi connectivity index (χ1n) is 4.34. The van der Waals surface area contributed by atoms with Gasteiger partial charge in [-0.25, -0.2) is 0 Å². The molecule has 1 N–H and O–H groups in total. The van der Waals surface area contributed by atoms with Crippen molar-refractivity contribution in [2.75, 3.05) is 19.6 Å². The van der Waals surface area contributed by atoms with Crippen LogP contribution < -0.4 is 5.32 Å². The minimum absolute atomic E-state index is 0.527. The van der Waals surface area contributed by atoms with Crippen LogP contribution in [0.4, 0.5) is 0 Å². The molecule has 0 aromatic rings. The molecule has 2 nitrogen and oxygen atoms in total. The van der Waals surface area contributed by atoms with Gasteiger partial charge >= 0.3 is 0 Å².